The van der Waals surface area contributed by atoms with E-state index in [1.165, 1.54) is 19.3 Å². The second-order valence-corrected chi connectivity index (χ2v) is 5.81. The lowest BCUT2D eigenvalue weighted by Gasteiger charge is -2.38. The maximum Gasteiger partial charge on any atom is 0.223 e. The number of nitrogens with zero attached hydrogens (tertiary/aromatic N) is 1. The van der Waals surface area contributed by atoms with Gasteiger partial charge in [-0.25, -0.2) is 0 Å². The van der Waals surface area contributed by atoms with Crippen LogP contribution < -0.4 is 0 Å². The maximum atomic E-state index is 12.2. The standard InChI is InChI=1S/C13H21NO2/c15-12-7-10-4-5-11(8-12)14(10)13(16)6-9-2-1-3-9/h9-12,15H,1-8H2. The number of aliphatic hydroxyl groups is 1. The van der Waals surface area contributed by atoms with Crippen molar-refractivity contribution in [3.8, 4) is 0 Å². The first-order chi connectivity index (χ1) is 7.74. The molecule has 3 fully saturated rings. The molecule has 16 heavy (non-hydrogen) atoms. The number of carbonyl (C=O) groups is 1. The molecular weight excluding hydrogens is 202 g/mol. The van der Waals surface area contributed by atoms with E-state index in [2.05, 4.69) is 4.90 Å². The molecule has 0 radical (unpaired) electrons. The molecule has 3 heteroatoms. The van der Waals surface area contributed by atoms with Crippen molar-refractivity contribution in [3.63, 3.8) is 0 Å². The molecule has 0 spiro atoms. The van der Waals surface area contributed by atoms with Gasteiger partial charge in [0.25, 0.3) is 0 Å². The SMILES string of the molecule is O=C(CC1CCC1)N1C2CCC1CC(O)C2. The molecule has 1 amide bonds. The van der Waals surface area contributed by atoms with Crippen LogP contribution in [-0.2, 0) is 4.79 Å². The molecule has 1 saturated carbocycles. The lowest BCUT2D eigenvalue weighted by Crippen LogP contribution is -2.48. The zero-order valence-electron chi connectivity index (χ0n) is 9.77. The molecule has 3 aliphatic rings. The van der Waals surface area contributed by atoms with E-state index >= 15 is 0 Å². The fourth-order valence-corrected chi connectivity index (χ4v) is 3.60. The average Bonchev–Trinajstić information content (AvgIpc) is 2.45. The summed E-state index contributed by atoms with van der Waals surface area (Å²) in [5, 5.41) is 9.69. The summed E-state index contributed by atoms with van der Waals surface area (Å²) in [6.07, 6.45) is 8.25. The third-order valence-corrected chi connectivity index (χ3v) is 4.68. The van der Waals surface area contributed by atoms with E-state index < -0.39 is 0 Å². The van der Waals surface area contributed by atoms with Gasteiger partial charge in [0, 0.05) is 18.5 Å². The van der Waals surface area contributed by atoms with Gasteiger partial charge in [0.2, 0.25) is 5.91 Å². The molecule has 2 saturated heterocycles. The second-order valence-electron chi connectivity index (χ2n) is 5.81. The van der Waals surface area contributed by atoms with Crippen molar-refractivity contribution >= 4 is 5.91 Å². The predicted molar refractivity (Wildman–Crippen MR) is 60.9 cm³/mol. The summed E-state index contributed by atoms with van der Waals surface area (Å²) in [6, 6.07) is 0.697. The Morgan fingerprint density at radius 2 is 1.75 bits per heavy atom. The first kappa shape index (κ1) is 10.6. The molecular formula is C13H21NO2. The van der Waals surface area contributed by atoms with Crippen molar-refractivity contribution in [2.45, 2.75) is 69.6 Å². The van der Waals surface area contributed by atoms with Gasteiger partial charge in [0.1, 0.15) is 0 Å². The fourth-order valence-electron chi connectivity index (χ4n) is 3.60. The molecule has 1 aliphatic carbocycles. The summed E-state index contributed by atoms with van der Waals surface area (Å²) in [5.74, 6) is 1.03. The van der Waals surface area contributed by atoms with Gasteiger partial charge in [-0.3, -0.25) is 4.79 Å². The molecule has 2 unspecified atom stereocenters. The zero-order chi connectivity index (χ0) is 11.1. The lowest BCUT2D eigenvalue weighted by atomic mass is 9.82. The zero-order valence-corrected chi connectivity index (χ0v) is 9.77. The van der Waals surface area contributed by atoms with Gasteiger partial charge >= 0.3 is 0 Å². The maximum absolute atomic E-state index is 12.2. The van der Waals surface area contributed by atoms with E-state index in [1.54, 1.807) is 0 Å². The summed E-state index contributed by atoms with van der Waals surface area (Å²) in [5.41, 5.74) is 0. The normalized spacial score (nSPS) is 38.6. The van der Waals surface area contributed by atoms with Crippen molar-refractivity contribution in [2.24, 2.45) is 5.92 Å². The summed E-state index contributed by atoms with van der Waals surface area (Å²) < 4.78 is 0. The van der Waals surface area contributed by atoms with E-state index in [9.17, 15) is 9.90 Å². The molecule has 90 valence electrons. The number of rotatable bonds is 2. The lowest BCUT2D eigenvalue weighted by molar-refractivity contribution is -0.139. The van der Waals surface area contributed by atoms with E-state index in [1.807, 2.05) is 0 Å². The smallest absolute Gasteiger partial charge is 0.223 e. The van der Waals surface area contributed by atoms with E-state index in [0.717, 1.165) is 32.1 Å². The van der Waals surface area contributed by atoms with Gasteiger partial charge in [0.15, 0.2) is 0 Å². The average molecular weight is 223 g/mol. The molecule has 1 N–H and O–H groups in total. The number of fused-ring (bicyclic) bond motifs is 2. The number of carbonyl (C=O) groups excluding carboxylic acids is 1. The minimum Gasteiger partial charge on any atom is -0.393 e. The molecule has 2 bridgehead atoms. The summed E-state index contributed by atoms with van der Waals surface area (Å²) >= 11 is 0. The quantitative estimate of drug-likeness (QED) is 0.774. The summed E-state index contributed by atoms with van der Waals surface area (Å²) in [6.45, 7) is 0. The van der Waals surface area contributed by atoms with Crippen LogP contribution in [0.25, 0.3) is 0 Å². The van der Waals surface area contributed by atoms with E-state index in [-0.39, 0.29) is 6.10 Å². The van der Waals surface area contributed by atoms with Crippen LogP contribution in [0.15, 0.2) is 0 Å². The molecule has 3 rings (SSSR count). The van der Waals surface area contributed by atoms with Gasteiger partial charge in [-0.05, 0) is 44.4 Å². The first-order valence-electron chi connectivity index (χ1n) is 6.73. The van der Waals surface area contributed by atoms with Crippen LogP contribution in [0.1, 0.15) is 51.4 Å². The minimum absolute atomic E-state index is 0.162. The Bertz CT molecular complexity index is 274. The van der Waals surface area contributed by atoms with Crippen LogP contribution in [0.5, 0.6) is 0 Å². The highest BCUT2D eigenvalue weighted by Gasteiger charge is 2.43. The largest absolute Gasteiger partial charge is 0.393 e. The Kier molecular flexibility index (Phi) is 2.66. The van der Waals surface area contributed by atoms with Crippen LogP contribution in [0.3, 0.4) is 0 Å². The molecule has 2 heterocycles. The highest BCUT2D eigenvalue weighted by atomic mass is 16.3. The first-order valence-corrected chi connectivity index (χ1v) is 6.73. The Hall–Kier alpha value is -0.570. The van der Waals surface area contributed by atoms with Crippen molar-refractivity contribution < 1.29 is 9.90 Å². The number of piperidine rings is 1. The van der Waals surface area contributed by atoms with Crippen molar-refractivity contribution in [2.75, 3.05) is 0 Å². The van der Waals surface area contributed by atoms with E-state index in [4.69, 9.17) is 0 Å². The second kappa shape index (κ2) is 4.02. The highest BCUT2D eigenvalue weighted by Crippen LogP contribution is 2.38. The monoisotopic (exact) mass is 223 g/mol. The molecule has 0 aromatic carbocycles. The fraction of sp³-hybridized carbons (Fsp3) is 0.923. The van der Waals surface area contributed by atoms with E-state index in [0.29, 0.717) is 23.9 Å². The van der Waals surface area contributed by atoms with Gasteiger partial charge in [-0.1, -0.05) is 6.42 Å². The van der Waals surface area contributed by atoms with Crippen molar-refractivity contribution in [1.82, 2.24) is 4.90 Å². The Morgan fingerprint density at radius 1 is 1.12 bits per heavy atom. The predicted octanol–water partition coefficient (Wildman–Crippen LogP) is 1.69. The molecule has 2 aliphatic heterocycles. The van der Waals surface area contributed by atoms with Crippen molar-refractivity contribution in [3.05, 3.63) is 0 Å². The van der Waals surface area contributed by atoms with Crippen molar-refractivity contribution in [1.29, 1.82) is 0 Å². The third-order valence-electron chi connectivity index (χ3n) is 4.68. The van der Waals surface area contributed by atoms with Gasteiger partial charge < -0.3 is 10.0 Å². The summed E-state index contributed by atoms with van der Waals surface area (Å²) in [7, 11) is 0. The van der Waals surface area contributed by atoms with Crippen LogP contribution in [-0.4, -0.2) is 34.1 Å². The van der Waals surface area contributed by atoms with Gasteiger partial charge in [-0.2, -0.15) is 0 Å². The number of amides is 1. The summed E-state index contributed by atoms with van der Waals surface area (Å²) in [4.78, 5) is 14.3. The number of hydrogen-bond donors (Lipinski definition) is 1. The Labute approximate surface area is 96.8 Å². The Morgan fingerprint density at radius 3 is 2.25 bits per heavy atom. The number of aliphatic hydroxyl groups excluding tert-OH is 1. The van der Waals surface area contributed by atoms with Crippen LogP contribution >= 0.6 is 0 Å². The van der Waals surface area contributed by atoms with Crippen LogP contribution in [0.4, 0.5) is 0 Å². The third kappa shape index (κ3) is 1.75. The van der Waals surface area contributed by atoms with Crippen LogP contribution in [0.2, 0.25) is 0 Å². The number of hydrogen-bond acceptors (Lipinski definition) is 2. The molecule has 3 nitrogen and oxygen atoms in total. The molecule has 2 atom stereocenters. The molecule has 0 aromatic rings. The van der Waals surface area contributed by atoms with Gasteiger partial charge in [-0.15, -0.1) is 0 Å². The van der Waals surface area contributed by atoms with Gasteiger partial charge in [0.05, 0.1) is 6.10 Å². The topological polar surface area (TPSA) is 40.5 Å². The minimum atomic E-state index is -0.162. The van der Waals surface area contributed by atoms with Crippen LogP contribution in [0, 0.1) is 5.92 Å². The Balaban J connectivity index is 1.63. The molecule has 0 aromatic heterocycles. The highest BCUT2D eigenvalue weighted by molar-refractivity contribution is 5.77.